The summed E-state index contributed by atoms with van der Waals surface area (Å²) < 4.78 is 735. The zero-order chi connectivity index (χ0) is 137. The molecule has 3 fully saturated rings. The number of rotatable bonds is 21. The van der Waals surface area contributed by atoms with Gasteiger partial charge in [0.2, 0.25) is 0 Å². The fraction of sp³-hybridized carbons (Fsp3) is 0.708. The highest BCUT2D eigenvalue weighted by Gasteiger charge is 2.45. The number of hydrogen-bond acceptors (Lipinski definition) is 18. The van der Waals surface area contributed by atoms with E-state index in [0.29, 0.717) is 7.11 Å². The number of nitrogens with two attached hydrogens (primary N) is 3. The topological polar surface area (TPSA) is 222 Å². The molecule has 3 aromatic carbocycles. The Balaban J connectivity index is 0.000000344. The Morgan fingerprint density at radius 3 is 1.00 bits per heavy atom. The third kappa shape index (κ3) is 17.5. The van der Waals surface area contributed by atoms with Crippen molar-refractivity contribution in [3.8, 4) is 34.5 Å². The minimum absolute atomic E-state index is 0.212. The van der Waals surface area contributed by atoms with E-state index >= 15 is 0 Å². The van der Waals surface area contributed by atoms with E-state index < -0.39 is 409 Å². The summed E-state index contributed by atoms with van der Waals surface area (Å²) in [6, 6.07) is -34.4. The number of carbonyl (C=O) groups is 3. The van der Waals surface area contributed by atoms with Crippen LogP contribution in [0.1, 0.15) is 283 Å². The maximum atomic E-state index is 14.0. The van der Waals surface area contributed by atoms with Crippen LogP contribution in [0.4, 0.5) is 0 Å². The highest BCUT2D eigenvalue weighted by Crippen LogP contribution is 2.48. The second kappa shape index (κ2) is 32.5. The van der Waals surface area contributed by atoms with Crippen molar-refractivity contribution in [1.82, 2.24) is 14.7 Å². The molecular weight excluding hydrogens is 1140 g/mol. The molecule has 9 rings (SSSR count). The smallest absolute Gasteiger partial charge is 0.323 e. The van der Waals surface area contributed by atoms with Crippen LogP contribution in [0.2, 0.25) is 0 Å². The summed E-state index contributed by atoms with van der Waals surface area (Å²) in [6.45, 7) is -63.7. The van der Waals surface area contributed by atoms with Crippen LogP contribution in [0, 0.1) is 53.0 Å². The molecule has 3 aromatic rings. The molecule has 0 saturated carbocycles. The van der Waals surface area contributed by atoms with Crippen molar-refractivity contribution in [3.05, 3.63) is 69.6 Å². The number of carbonyl (C=O) groups excluding carboxylic acids is 3. The summed E-state index contributed by atoms with van der Waals surface area (Å²) in [5, 5.41) is 0. The number of esters is 3. The maximum Gasteiger partial charge on any atom is 0.323 e. The van der Waals surface area contributed by atoms with Gasteiger partial charge in [0.15, 0.2) is 34.5 Å². The summed E-state index contributed by atoms with van der Waals surface area (Å²) in [4.78, 5) is 39.6. The molecule has 0 amide bonds. The molecule has 6 aliphatic heterocycles. The summed E-state index contributed by atoms with van der Waals surface area (Å²) in [5.74, 6) is -53.6. The number of piperidine rings is 3. The first kappa shape index (κ1) is 20.1. The van der Waals surface area contributed by atoms with Gasteiger partial charge in [-0.15, -0.1) is 0 Å². The van der Waals surface area contributed by atoms with Crippen LogP contribution in [-0.2, 0) is 47.7 Å². The van der Waals surface area contributed by atoms with Gasteiger partial charge in [-0.25, -0.2) is 0 Å². The van der Waals surface area contributed by atoms with Gasteiger partial charge in [-0.1, -0.05) is 82.4 Å². The van der Waals surface area contributed by atoms with Gasteiger partial charge in [0, 0.05) is 184 Å². The van der Waals surface area contributed by atoms with Crippen molar-refractivity contribution in [2.24, 2.45) is 70.2 Å². The zero-order valence-electron chi connectivity index (χ0n) is 129. The first-order valence-electron chi connectivity index (χ1n) is 65.5. The standard InChI is InChI=1S/3C24H38N2O4/c3*1-14(2)9-17-13-26-8-7-16-10-21(28-5)22(29-6)11-18(16)19(26)12-20(17)30-24(27)23(25)15(3)4/h3*10-11,14-15,17,19-20,23H,7-9,12-13,25H2,1-6H3/t3*17?,19?,20?,23-/m000/s1/i1D3,3D3,4D3,5D3,7D2,8D2,9D2,10D,11D,12D2,13D2,14D,15D,17D,19D,23D;2*1D3,3D3,4D3,7D2,8D2,9D2,10D,11D,12D2,13D2,14D,15D,17D,19D,23D/t3*14?,17?,19?,20?,23-. The second-order valence-corrected chi connectivity index (χ2v) is 17.8. The van der Waals surface area contributed by atoms with E-state index in [4.69, 9.17) is 146 Å². The molecular formula is C72H114N6O12. The molecule has 6 heterocycles. The SMILES string of the molecule is [2H]c1c(OC([2H])([2H])[2H])c(OC)c([2H])c2c1C([2H])([2H])C([2H])([2H])N1C([2H])([2H])C([2H])(C([2H])([2H])C([2H])(C)C([2H])([2H])[2H])C(OC(=O)[C@@]([2H])(N)C([2H])(C([2H])([2H])[2H])C([2H])([2H])[2H])C([2H])([2H])C21[2H].[2H]c1c(OC)c(OC)c([2H])c2c1C([2H])([2H])C([2H])([2H])N1C([2H])([2H])C([2H])(C([2H])([2H])C([2H])(C)C([2H])([2H])[2H])C(OC(=O)[C@@]([2H])(N)C([2H])(C([2H])([2H])[2H])C([2H])([2H])[2H])C([2H])([2H])C21[2H].[2H]c1c(OC)c(OC)c([2H])c2c1C([2H])([2H])C([2H])([2H])N1C([2H])([2H])C([2H])(C([2H])([2H])C([2H])(C)C([2H])([2H])[2H])C(OC(=O)[C@@]([2H])(N)C([2H])(C([2H])([2H])[2H])C([2H])([2H])[2H])C([2H])([2H])C21[2H]. The van der Waals surface area contributed by atoms with Crippen LogP contribution in [0.3, 0.4) is 0 Å². The van der Waals surface area contributed by atoms with Gasteiger partial charge >= 0.3 is 17.9 Å². The van der Waals surface area contributed by atoms with Gasteiger partial charge in [-0.2, -0.15) is 0 Å². The third-order valence-corrected chi connectivity index (χ3v) is 11.6. The van der Waals surface area contributed by atoms with Gasteiger partial charge in [-0.05, 0) is 143 Å². The first-order chi connectivity index (χ1) is 74.2. The molecule has 12 unspecified atom stereocenters. The molecule has 18 heteroatoms. The van der Waals surface area contributed by atoms with E-state index in [1.165, 1.54) is 0 Å². The Bertz CT molecular complexity index is 6330. The third-order valence-electron chi connectivity index (χ3n) is 11.6. The average molecular weight is 1340 g/mol. The molecule has 504 valence electrons. The summed E-state index contributed by atoms with van der Waals surface area (Å²) in [6.07, 6.45) is -50.9. The molecule has 0 spiro atoms. The lowest BCUT2D eigenvalue weighted by Gasteiger charge is -2.47. The molecule has 90 heavy (non-hydrogen) atoms. The number of benzene rings is 3. The second-order valence-electron chi connectivity index (χ2n) is 17.8. The van der Waals surface area contributed by atoms with E-state index in [1.54, 1.807) is 0 Å². The molecule has 18 nitrogen and oxygen atoms in total. The largest absolute Gasteiger partial charge is 0.493 e. The van der Waals surface area contributed by atoms with Crippen LogP contribution in [0.5, 0.6) is 34.5 Å². The van der Waals surface area contributed by atoms with Gasteiger partial charge in [0.1, 0.15) is 36.4 Å². The van der Waals surface area contributed by atoms with E-state index in [9.17, 15) is 39.1 Å². The quantitative estimate of drug-likeness (QED) is 0.0666. The Kier molecular flexibility index (Phi) is 7.25. The molecule has 6 aliphatic rings. The van der Waals surface area contributed by atoms with Gasteiger partial charge in [0.25, 0.3) is 0 Å². The summed E-state index contributed by atoms with van der Waals surface area (Å²) >= 11 is 0. The van der Waals surface area contributed by atoms with Gasteiger partial charge < -0.3 is 59.8 Å². The number of nitrogens with zero attached hydrogens (tertiary/aromatic N) is 3. The maximum absolute atomic E-state index is 14.0. The lowest BCUT2D eigenvalue weighted by atomic mass is 9.79. The van der Waals surface area contributed by atoms with Crippen LogP contribution < -0.4 is 45.6 Å². The molecule has 0 bridgehead atoms. The number of methoxy groups -OCH3 is 6. The number of hydrogen-bond donors (Lipinski definition) is 3. The van der Waals surface area contributed by atoms with E-state index in [-0.39, 0.29) is 20.8 Å². The zero-order valence-corrected chi connectivity index (χ0v) is 48.2. The molecule has 0 aliphatic carbocycles. The van der Waals surface area contributed by atoms with Gasteiger partial charge in [0.05, 0.1) is 63.1 Å². The fourth-order valence-electron chi connectivity index (χ4n) is 7.60. The lowest BCUT2D eigenvalue weighted by Crippen LogP contribution is -2.51. The Labute approximate surface area is 653 Å². The molecule has 6 N–H and O–H groups in total. The molecule has 0 aromatic heterocycles. The predicted molar refractivity (Wildman–Crippen MR) is 353 cm³/mol. The summed E-state index contributed by atoms with van der Waals surface area (Å²) in [5.41, 5.74) is 7.80. The van der Waals surface area contributed by atoms with Crippen molar-refractivity contribution in [2.45, 2.75) is 194 Å². The highest BCUT2D eigenvalue weighted by atomic mass is 16.6. The molecule has 15 atom stereocenters. The van der Waals surface area contributed by atoms with Crippen molar-refractivity contribution < 1.29 is 168 Å². The first-order valence-corrected chi connectivity index (χ1v) is 25.0. The lowest BCUT2D eigenvalue weighted by molar-refractivity contribution is -0.161. The number of ether oxygens (including phenoxy) is 9. The number of fused-ring (bicyclic) bond motifs is 9. The minimum atomic E-state index is -4.79. The summed E-state index contributed by atoms with van der Waals surface area (Å²) in [7, 11) is 0.677. The Morgan fingerprint density at radius 1 is 0.489 bits per heavy atom. The van der Waals surface area contributed by atoms with Crippen LogP contribution in [-0.4, -0.2) is 151 Å². The van der Waals surface area contributed by atoms with Crippen molar-refractivity contribution >= 4 is 17.9 Å². The van der Waals surface area contributed by atoms with Crippen molar-refractivity contribution in [2.75, 3.05) is 81.6 Å². The highest BCUT2D eigenvalue weighted by molar-refractivity contribution is 5.77. The Hall–Kier alpha value is -5.37. The van der Waals surface area contributed by atoms with Gasteiger partial charge in [-0.3, -0.25) is 29.1 Å². The fourth-order valence-corrected chi connectivity index (χ4v) is 7.60. The average Bonchev–Trinajstić information content (AvgIpc) is 0.639. The van der Waals surface area contributed by atoms with E-state index in [0.717, 1.165) is 28.4 Å². The minimum Gasteiger partial charge on any atom is -0.493 e. The van der Waals surface area contributed by atoms with E-state index in [1.807, 2.05) is 0 Å². The van der Waals surface area contributed by atoms with Crippen LogP contribution in [0.15, 0.2) is 36.3 Å². The monoisotopic (exact) mass is 1340 g/mol. The predicted octanol–water partition coefficient (Wildman–Crippen LogP) is 10.7. The van der Waals surface area contributed by atoms with Crippen molar-refractivity contribution in [1.29, 1.82) is 0 Å². The molecule has 3 saturated heterocycles. The van der Waals surface area contributed by atoms with Crippen molar-refractivity contribution in [3.63, 3.8) is 0 Å². The normalized spacial score (nSPS) is 55.0. The van der Waals surface area contributed by atoms with E-state index in [2.05, 4.69) is 0 Å². The Morgan fingerprint density at radius 2 is 0.756 bits per heavy atom. The van der Waals surface area contributed by atoms with Crippen LogP contribution in [0.25, 0.3) is 0 Å². The van der Waals surface area contributed by atoms with Crippen LogP contribution >= 0.6 is 0 Å². The molecule has 0 radical (unpaired) electrons.